The summed E-state index contributed by atoms with van der Waals surface area (Å²) in [5.41, 5.74) is 0. The highest BCUT2D eigenvalue weighted by Crippen LogP contribution is 2.47. The number of carbonyl (C=O) groups excluding carboxylic acids is 1. The van der Waals surface area contributed by atoms with Crippen LogP contribution in [0.2, 0.25) is 0 Å². The highest BCUT2D eigenvalue weighted by atomic mass is 32.2. The van der Waals surface area contributed by atoms with Gasteiger partial charge < -0.3 is 4.79 Å². The number of rotatable bonds is 2. The molecular formula is C8H12OS. The lowest BCUT2D eigenvalue weighted by atomic mass is 10.0. The summed E-state index contributed by atoms with van der Waals surface area (Å²) in [6.45, 7) is 0. The van der Waals surface area contributed by atoms with Gasteiger partial charge in [0.2, 0.25) is 0 Å². The zero-order valence-electron chi connectivity index (χ0n) is 5.95. The Morgan fingerprint density at radius 2 is 2.40 bits per heavy atom. The molecule has 0 aromatic heterocycles. The molecule has 56 valence electrons. The highest BCUT2D eigenvalue weighted by Gasteiger charge is 2.43. The molecule has 2 heteroatoms. The van der Waals surface area contributed by atoms with Crippen LogP contribution in [-0.4, -0.2) is 17.8 Å². The molecule has 1 saturated carbocycles. The van der Waals surface area contributed by atoms with Gasteiger partial charge in [0, 0.05) is 5.92 Å². The van der Waals surface area contributed by atoms with Crippen LogP contribution < -0.4 is 0 Å². The van der Waals surface area contributed by atoms with E-state index < -0.39 is 0 Å². The third kappa shape index (κ3) is 1.09. The fourth-order valence-electron chi connectivity index (χ4n) is 1.82. The number of thioether (sulfide) groups is 1. The maximum Gasteiger partial charge on any atom is 0.123 e. The predicted octanol–water partition coefficient (Wildman–Crippen LogP) is 1.57. The van der Waals surface area contributed by atoms with Crippen molar-refractivity contribution < 1.29 is 4.79 Å². The Hall–Kier alpha value is 0.0200. The van der Waals surface area contributed by atoms with Crippen molar-refractivity contribution in [3.63, 3.8) is 0 Å². The van der Waals surface area contributed by atoms with E-state index in [0.717, 1.165) is 18.1 Å². The summed E-state index contributed by atoms with van der Waals surface area (Å²) in [5, 5.41) is 0. The van der Waals surface area contributed by atoms with E-state index in [1.165, 1.54) is 24.3 Å². The monoisotopic (exact) mass is 156 g/mol. The molecule has 2 aliphatic rings. The quantitative estimate of drug-likeness (QED) is 0.565. The summed E-state index contributed by atoms with van der Waals surface area (Å²) < 4.78 is 0. The summed E-state index contributed by atoms with van der Waals surface area (Å²) in [6.07, 6.45) is 3.70. The van der Waals surface area contributed by atoms with Crippen LogP contribution >= 0.6 is 11.8 Å². The second-order valence-corrected chi connectivity index (χ2v) is 4.47. The normalized spacial score (nSPS) is 45.4. The fourth-order valence-corrected chi connectivity index (χ4v) is 3.18. The minimum Gasteiger partial charge on any atom is -0.303 e. The van der Waals surface area contributed by atoms with Crippen molar-refractivity contribution >= 4 is 18.0 Å². The van der Waals surface area contributed by atoms with Crippen molar-refractivity contribution in [2.24, 2.45) is 17.8 Å². The summed E-state index contributed by atoms with van der Waals surface area (Å²) in [7, 11) is 0. The van der Waals surface area contributed by atoms with E-state index >= 15 is 0 Å². The lowest BCUT2D eigenvalue weighted by Gasteiger charge is -2.03. The van der Waals surface area contributed by atoms with E-state index in [0.29, 0.717) is 5.92 Å². The SMILES string of the molecule is O=C[C@@H]1C[C@H]1[C@H]1CCSC1. The van der Waals surface area contributed by atoms with Gasteiger partial charge >= 0.3 is 0 Å². The van der Waals surface area contributed by atoms with Gasteiger partial charge in [-0.2, -0.15) is 11.8 Å². The molecule has 0 spiro atoms. The smallest absolute Gasteiger partial charge is 0.123 e. The molecule has 3 atom stereocenters. The average Bonchev–Trinajstić information content (AvgIpc) is 2.56. The Morgan fingerprint density at radius 3 is 2.90 bits per heavy atom. The van der Waals surface area contributed by atoms with Crippen molar-refractivity contribution in [2.45, 2.75) is 12.8 Å². The molecule has 0 radical (unpaired) electrons. The number of hydrogen-bond acceptors (Lipinski definition) is 2. The van der Waals surface area contributed by atoms with Gasteiger partial charge in [-0.1, -0.05) is 0 Å². The second kappa shape index (κ2) is 2.57. The van der Waals surface area contributed by atoms with E-state index in [1.807, 2.05) is 11.8 Å². The molecule has 1 heterocycles. The van der Waals surface area contributed by atoms with E-state index in [2.05, 4.69) is 0 Å². The second-order valence-electron chi connectivity index (χ2n) is 3.32. The zero-order chi connectivity index (χ0) is 6.97. The Labute approximate surface area is 65.6 Å². The lowest BCUT2D eigenvalue weighted by molar-refractivity contribution is -0.109. The lowest BCUT2D eigenvalue weighted by Crippen LogP contribution is -2.02. The molecule has 0 amide bonds. The Kier molecular flexibility index (Phi) is 1.73. The van der Waals surface area contributed by atoms with Crippen molar-refractivity contribution in [2.75, 3.05) is 11.5 Å². The van der Waals surface area contributed by atoms with Crippen LogP contribution in [0.15, 0.2) is 0 Å². The molecule has 0 aromatic carbocycles. The van der Waals surface area contributed by atoms with Crippen molar-refractivity contribution in [3.05, 3.63) is 0 Å². The van der Waals surface area contributed by atoms with Gasteiger partial charge in [-0.25, -0.2) is 0 Å². The van der Waals surface area contributed by atoms with Crippen LogP contribution in [-0.2, 0) is 4.79 Å². The Bertz CT molecular complexity index is 140. The highest BCUT2D eigenvalue weighted by molar-refractivity contribution is 7.99. The molecule has 0 N–H and O–H groups in total. The molecule has 2 rings (SSSR count). The minimum absolute atomic E-state index is 0.448. The third-order valence-electron chi connectivity index (χ3n) is 2.64. The van der Waals surface area contributed by atoms with E-state index in [-0.39, 0.29) is 0 Å². The fraction of sp³-hybridized carbons (Fsp3) is 0.875. The van der Waals surface area contributed by atoms with E-state index in [4.69, 9.17) is 0 Å². The molecule has 1 aliphatic heterocycles. The van der Waals surface area contributed by atoms with Crippen molar-refractivity contribution in [3.8, 4) is 0 Å². The van der Waals surface area contributed by atoms with Gasteiger partial charge in [0.05, 0.1) is 0 Å². The van der Waals surface area contributed by atoms with Gasteiger partial charge in [0.15, 0.2) is 0 Å². The molecule has 0 unspecified atom stereocenters. The predicted molar refractivity (Wildman–Crippen MR) is 43.1 cm³/mol. The molecule has 0 aromatic rings. The van der Waals surface area contributed by atoms with Gasteiger partial charge in [-0.3, -0.25) is 0 Å². The first-order valence-electron chi connectivity index (χ1n) is 3.95. The molecule has 1 aliphatic carbocycles. The summed E-state index contributed by atoms with van der Waals surface area (Å²) in [5.74, 6) is 4.76. The summed E-state index contributed by atoms with van der Waals surface area (Å²) >= 11 is 2.05. The molecule has 0 bridgehead atoms. The average molecular weight is 156 g/mol. The number of carbonyl (C=O) groups is 1. The van der Waals surface area contributed by atoms with Crippen LogP contribution in [0.25, 0.3) is 0 Å². The van der Waals surface area contributed by atoms with Gasteiger partial charge in [-0.15, -0.1) is 0 Å². The molecule has 2 fully saturated rings. The zero-order valence-corrected chi connectivity index (χ0v) is 6.77. The first-order chi connectivity index (χ1) is 4.92. The van der Waals surface area contributed by atoms with Gasteiger partial charge in [0.1, 0.15) is 6.29 Å². The first-order valence-corrected chi connectivity index (χ1v) is 5.10. The summed E-state index contributed by atoms with van der Waals surface area (Å²) in [6, 6.07) is 0. The van der Waals surface area contributed by atoms with Gasteiger partial charge in [0.25, 0.3) is 0 Å². The van der Waals surface area contributed by atoms with Crippen molar-refractivity contribution in [1.29, 1.82) is 0 Å². The number of hydrogen-bond donors (Lipinski definition) is 0. The van der Waals surface area contributed by atoms with Crippen LogP contribution in [0.1, 0.15) is 12.8 Å². The Balaban J connectivity index is 1.84. The summed E-state index contributed by atoms with van der Waals surface area (Å²) in [4.78, 5) is 10.3. The number of aldehydes is 1. The molecule has 10 heavy (non-hydrogen) atoms. The van der Waals surface area contributed by atoms with Crippen molar-refractivity contribution in [1.82, 2.24) is 0 Å². The molecule has 1 nitrogen and oxygen atoms in total. The maximum atomic E-state index is 10.3. The third-order valence-corrected chi connectivity index (χ3v) is 3.82. The topological polar surface area (TPSA) is 17.1 Å². The molecule has 1 saturated heterocycles. The largest absolute Gasteiger partial charge is 0.303 e. The standard InChI is InChI=1S/C8H12OS/c9-4-7-3-8(7)6-1-2-10-5-6/h4,6-8H,1-3,5H2/t6-,7-,8-/m0/s1. The first kappa shape index (κ1) is 6.71. The van der Waals surface area contributed by atoms with E-state index in [9.17, 15) is 4.79 Å². The van der Waals surface area contributed by atoms with E-state index in [1.54, 1.807) is 0 Å². The van der Waals surface area contributed by atoms with Gasteiger partial charge in [-0.05, 0) is 36.2 Å². The van der Waals surface area contributed by atoms with Crippen LogP contribution in [0.3, 0.4) is 0 Å². The van der Waals surface area contributed by atoms with Crippen LogP contribution in [0.5, 0.6) is 0 Å². The Morgan fingerprint density at radius 1 is 1.50 bits per heavy atom. The van der Waals surface area contributed by atoms with Crippen LogP contribution in [0, 0.1) is 17.8 Å². The maximum absolute atomic E-state index is 10.3. The van der Waals surface area contributed by atoms with Crippen LogP contribution in [0.4, 0.5) is 0 Å². The minimum atomic E-state index is 0.448. The molecular weight excluding hydrogens is 144 g/mol.